The van der Waals surface area contributed by atoms with Gasteiger partial charge in [0.15, 0.2) is 5.78 Å². The summed E-state index contributed by atoms with van der Waals surface area (Å²) in [5.74, 6) is -0.0883. The van der Waals surface area contributed by atoms with Crippen molar-refractivity contribution in [2.45, 2.75) is 0 Å². The van der Waals surface area contributed by atoms with E-state index in [1.165, 1.54) is 0 Å². The molecule has 0 aromatic heterocycles. The number of hydrogen-bond acceptors (Lipinski definition) is 4. The van der Waals surface area contributed by atoms with E-state index in [2.05, 4.69) is 0 Å². The summed E-state index contributed by atoms with van der Waals surface area (Å²) in [6.07, 6.45) is 0.595. The molecule has 94 valence electrons. The van der Waals surface area contributed by atoms with Gasteiger partial charge < -0.3 is 0 Å². The molecule has 19 heavy (non-hydrogen) atoms. The van der Waals surface area contributed by atoms with Gasteiger partial charge in [0, 0.05) is 5.56 Å². The van der Waals surface area contributed by atoms with Gasteiger partial charge in [0.1, 0.15) is 42.9 Å². The van der Waals surface area contributed by atoms with Gasteiger partial charge in [0.05, 0.1) is 7.26 Å². The molecule has 0 N–H and O–H groups in total. The monoisotopic (exact) mass is 270 g/mol. The Morgan fingerprint density at radius 3 is 1.84 bits per heavy atom. The van der Waals surface area contributed by atoms with Crippen molar-refractivity contribution in [3.05, 3.63) is 35.9 Å². The first-order valence-corrected chi connectivity index (χ1v) is 8.24. The third-order valence-corrected chi connectivity index (χ3v) is 6.19. The van der Waals surface area contributed by atoms with Crippen LogP contribution in [-0.4, -0.2) is 30.4 Å². The van der Waals surface area contributed by atoms with Crippen molar-refractivity contribution in [1.29, 1.82) is 15.8 Å². The van der Waals surface area contributed by atoms with Crippen molar-refractivity contribution in [3.8, 4) is 18.2 Å². The highest BCUT2D eigenvalue weighted by Gasteiger charge is 2.40. The molecule has 0 aliphatic heterocycles. The number of carbonyl (C=O) groups excluding carboxylic acids is 1. The summed E-state index contributed by atoms with van der Waals surface area (Å²) in [5.41, 5.74) is 0.570. The molecule has 0 heterocycles. The molecule has 0 amide bonds. The lowest BCUT2D eigenvalue weighted by atomic mass is 10.2. The quantitative estimate of drug-likeness (QED) is 0.586. The van der Waals surface area contributed by atoms with Crippen LogP contribution in [0.25, 0.3) is 0 Å². The van der Waals surface area contributed by atoms with Gasteiger partial charge in [0.2, 0.25) is 0 Å². The van der Waals surface area contributed by atoms with Gasteiger partial charge in [0.25, 0.3) is 0 Å². The topological polar surface area (TPSA) is 88.4 Å². The van der Waals surface area contributed by atoms with E-state index in [0.717, 1.165) is 0 Å². The molecule has 0 unspecified atom stereocenters. The average Bonchev–Trinajstić information content (AvgIpc) is 2.40. The molecule has 0 saturated carbocycles. The zero-order valence-corrected chi connectivity index (χ0v) is 11.3. The second-order valence-electron chi connectivity index (χ2n) is 4.24. The second-order valence-corrected chi connectivity index (χ2v) is 8.19. The Labute approximate surface area is 113 Å². The van der Waals surface area contributed by atoms with Crippen LogP contribution in [0.2, 0.25) is 0 Å². The normalized spacial score (nSPS) is 9.95. The van der Waals surface area contributed by atoms with Crippen LogP contribution in [0.15, 0.2) is 30.3 Å². The maximum Gasteiger partial charge on any atom is 0.199 e. The van der Waals surface area contributed by atoms with Crippen molar-refractivity contribution in [2.75, 3.05) is 24.6 Å². The van der Waals surface area contributed by atoms with Crippen LogP contribution in [0.4, 0.5) is 0 Å². The molecular weight excluding hydrogens is 257 g/mol. The van der Waals surface area contributed by atoms with Gasteiger partial charge in [-0.05, 0) is 0 Å². The SMILES string of the molecule is N#CC[P+](CC#N)(CC#N)CC(=O)c1ccccc1. The molecule has 0 saturated heterocycles. The predicted octanol–water partition coefficient (Wildman–Crippen LogP) is 2.46. The number of nitrogens with zero attached hydrogens (tertiary/aromatic N) is 3. The smallest absolute Gasteiger partial charge is 0.199 e. The Bertz CT molecular complexity index is 522. The van der Waals surface area contributed by atoms with Crippen LogP contribution < -0.4 is 0 Å². The van der Waals surface area contributed by atoms with Gasteiger partial charge in [-0.1, -0.05) is 30.3 Å². The minimum absolute atomic E-state index is 0.0883. The molecule has 0 aliphatic carbocycles. The van der Waals surface area contributed by atoms with E-state index in [1.807, 2.05) is 24.3 Å². The van der Waals surface area contributed by atoms with Gasteiger partial charge in [-0.15, -0.1) is 0 Å². The summed E-state index contributed by atoms with van der Waals surface area (Å²) < 4.78 is 0. The van der Waals surface area contributed by atoms with Crippen molar-refractivity contribution in [1.82, 2.24) is 0 Å². The largest absolute Gasteiger partial charge is 0.290 e. The summed E-state index contributed by atoms with van der Waals surface area (Å²) in [7, 11) is -2.15. The third kappa shape index (κ3) is 4.18. The molecule has 0 fully saturated rings. The van der Waals surface area contributed by atoms with E-state index in [0.29, 0.717) is 5.56 Å². The molecular formula is C14H13N3OP+. The number of carbonyl (C=O) groups is 1. The Hall–Kier alpha value is -2.21. The number of Topliss-reactive ketones (excluding diaryl/α,β-unsaturated/α-hetero) is 1. The number of hydrogen-bond donors (Lipinski definition) is 0. The van der Waals surface area contributed by atoms with E-state index in [-0.39, 0.29) is 30.4 Å². The predicted molar refractivity (Wildman–Crippen MR) is 74.0 cm³/mol. The Kier molecular flexibility index (Phi) is 5.69. The first kappa shape index (κ1) is 14.8. The minimum Gasteiger partial charge on any atom is -0.290 e. The first-order valence-electron chi connectivity index (χ1n) is 5.71. The van der Waals surface area contributed by atoms with Crippen LogP contribution in [0, 0.1) is 34.0 Å². The molecule has 0 radical (unpaired) electrons. The number of rotatable bonds is 6. The Balaban J connectivity index is 2.95. The lowest BCUT2D eigenvalue weighted by Crippen LogP contribution is -2.17. The van der Waals surface area contributed by atoms with Crippen molar-refractivity contribution < 1.29 is 4.79 Å². The standard InChI is InChI=1S/C14H13N3OP/c15-6-9-19(10-7-16,11-8-17)12-14(18)13-4-2-1-3-5-13/h1-5H,9-12H2/q+1. The fourth-order valence-electron chi connectivity index (χ4n) is 1.81. The van der Waals surface area contributed by atoms with Gasteiger partial charge in [-0.3, -0.25) is 4.79 Å². The lowest BCUT2D eigenvalue weighted by Gasteiger charge is -2.18. The van der Waals surface area contributed by atoms with Gasteiger partial charge in [-0.2, -0.15) is 15.8 Å². The second kappa shape index (κ2) is 7.27. The summed E-state index contributed by atoms with van der Waals surface area (Å²) in [6, 6.07) is 14.9. The lowest BCUT2D eigenvalue weighted by molar-refractivity contribution is 0.102. The first-order chi connectivity index (χ1) is 9.17. The van der Waals surface area contributed by atoms with E-state index >= 15 is 0 Å². The number of ketones is 1. The third-order valence-electron chi connectivity index (χ3n) is 2.79. The summed E-state index contributed by atoms with van der Waals surface area (Å²) in [6.45, 7) is 0. The minimum atomic E-state index is -2.15. The van der Waals surface area contributed by atoms with Crippen molar-refractivity contribution in [2.24, 2.45) is 0 Å². The Morgan fingerprint density at radius 2 is 1.42 bits per heavy atom. The van der Waals surface area contributed by atoms with E-state index in [4.69, 9.17) is 15.8 Å². The highest BCUT2D eigenvalue weighted by atomic mass is 31.2. The van der Waals surface area contributed by atoms with Crippen molar-refractivity contribution >= 4 is 13.0 Å². The summed E-state index contributed by atoms with van der Waals surface area (Å²) >= 11 is 0. The van der Waals surface area contributed by atoms with E-state index in [1.54, 1.807) is 24.3 Å². The van der Waals surface area contributed by atoms with E-state index in [9.17, 15) is 4.79 Å². The fraction of sp³-hybridized carbons (Fsp3) is 0.286. The molecule has 0 bridgehead atoms. The van der Waals surface area contributed by atoms with Crippen LogP contribution in [0.3, 0.4) is 0 Å². The van der Waals surface area contributed by atoms with Crippen molar-refractivity contribution in [3.63, 3.8) is 0 Å². The summed E-state index contributed by atoms with van der Waals surface area (Å²) in [5, 5.41) is 26.7. The van der Waals surface area contributed by atoms with Gasteiger partial charge in [-0.25, -0.2) is 0 Å². The molecule has 1 aromatic rings. The highest BCUT2D eigenvalue weighted by Crippen LogP contribution is 2.57. The van der Waals surface area contributed by atoms with Gasteiger partial charge >= 0.3 is 0 Å². The molecule has 1 rings (SSSR count). The maximum absolute atomic E-state index is 12.2. The fourth-order valence-corrected chi connectivity index (χ4v) is 4.17. The average molecular weight is 270 g/mol. The maximum atomic E-state index is 12.2. The van der Waals surface area contributed by atoms with Crippen LogP contribution in [0.5, 0.6) is 0 Å². The zero-order chi connectivity index (χ0) is 14.1. The van der Waals surface area contributed by atoms with Crippen LogP contribution in [-0.2, 0) is 0 Å². The highest BCUT2D eigenvalue weighted by molar-refractivity contribution is 7.77. The molecule has 0 aliphatic rings. The molecule has 0 atom stereocenters. The molecule has 1 aromatic carbocycles. The molecule has 0 spiro atoms. The van der Waals surface area contributed by atoms with Crippen LogP contribution in [0.1, 0.15) is 10.4 Å². The zero-order valence-electron chi connectivity index (χ0n) is 10.4. The summed E-state index contributed by atoms with van der Waals surface area (Å²) in [4.78, 5) is 12.2. The number of benzene rings is 1. The van der Waals surface area contributed by atoms with E-state index < -0.39 is 7.26 Å². The molecule has 5 heteroatoms. The molecule has 4 nitrogen and oxygen atoms in total. The Morgan fingerprint density at radius 1 is 0.947 bits per heavy atom. The van der Waals surface area contributed by atoms with Crippen LogP contribution >= 0.6 is 7.26 Å². The number of nitriles is 3.